The normalized spacial score (nSPS) is 11.7. The number of hydrogen-bond donors (Lipinski definition) is 2. The molecule has 226 valence electrons. The van der Waals surface area contributed by atoms with Gasteiger partial charge in [-0.1, -0.05) is 42.5 Å². The monoisotopic (exact) mass is 684 g/mol. The number of carboxylic acids is 1. The van der Waals surface area contributed by atoms with Crippen LogP contribution in [0.25, 0.3) is 32.0 Å². The SMILES string of the molecule is COc1ccccc1-c1nccc(COc2ccccc2CC(Nc2ccnc3sc(-c4ccc(F)cc4)c(Br)c23)C(=O)O)n1. The maximum Gasteiger partial charge on any atom is 0.326 e. The Balaban J connectivity index is 1.22. The summed E-state index contributed by atoms with van der Waals surface area (Å²) in [6.45, 7) is 0.159. The summed E-state index contributed by atoms with van der Waals surface area (Å²) in [5.41, 5.74) is 3.60. The highest BCUT2D eigenvalue weighted by atomic mass is 79.9. The number of rotatable bonds is 11. The maximum absolute atomic E-state index is 13.5. The second-order valence-corrected chi connectivity index (χ2v) is 11.8. The third kappa shape index (κ3) is 6.64. The highest BCUT2D eigenvalue weighted by Crippen LogP contribution is 2.44. The Bertz CT molecular complexity index is 1990. The fourth-order valence-electron chi connectivity index (χ4n) is 4.90. The number of nitrogens with one attached hydrogen (secondary N) is 1. The molecule has 0 fully saturated rings. The molecule has 0 radical (unpaired) electrons. The molecule has 0 spiro atoms. The molecule has 45 heavy (non-hydrogen) atoms. The molecule has 0 bridgehead atoms. The molecular weight excluding hydrogens is 659 g/mol. The predicted octanol–water partition coefficient (Wildman–Crippen LogP) is 8.02. The van der Waals surface area contributed by atoms with E-state index in [1.54, 1.807) is 43.8 Å². The summed E-state index contributed by atoms with van der Waals surface area (Å²) in [7, 11) is 1.60. The predicted molar refractivity (Wildman–Crippen MR) is 176 cm³/mol. The number of halogens is 2. The summed E-state index contributed by atoms with van der Waals surface area (Å²) in [6, 6.07) is 23.6. The molecule has 1 atom stereocenters. The van der Waals surface area contributed by atoms with Crippen molar-refractivity contribution in [1.82, 2.24) is 15.0 Å². The Morgan fingerprint density at radius 2 is 1.71 bits per heavy atom. The number of thiophene rings is 1. The Labute approximate surface area is 270 Å². The van der Waals surface area contributed by atoms with E-state index in [4.69, 9.17) is 9.47 Å². The Kier molecular flexibility index (Phi) is 8.99. The van der Waals surface area contributed by atoms with Crippen molar-refractivity contribution in [2.75, 3.05) is 12.4 Å². The number of carbonyl (C=O) groups is 1. The fourth-order valence-corrected chi connectivity index (χ4v) is 6.97. The van der Waals surface area contributed by atoms with Crippen molar-refractivity contribution in [2.24, 2.45) is 0 Å². The van der Waals surface area contributed by atoms with Crippen LogP contribution in [0.3, 0.4) is 0 Å². The van der Waals surface area contributed by atoms with Crippen molar-refractivity contribution < 1.29 is 23.8 Å². The van der Waals surface area contributed by atoms with E-state index in [-0.39, 0.29) is 18.8 Å². The lowest BCUT2D eigenvalue weighted by Crippen LogP contribution is -2.31. The van der Waals surface area contributed by atoms with Crippen LogP contribution in [0.4, 0.5) is 10.1 Å². The zero-order valence-electron chi connectivity index (χ0n) is 23.9. The van der Waals surface area contributed by atoms with Gasteiger partial charge in [0.05, 0.1) is 23.2 Å². The molecule has 6 rings (SSSR count). The van der Waals surface area contributed by atoms with Crippen LogP contribution in [-0.4, -0.2) is 39.2 Å². The lowest BCUT2D eigenvalue weighted by Gasteiger charge is -2.19. The van der Waals surface area contributed by atoms with Gasteiger partial charge in [-0.3, -0.25) is 0 Å². The number of pyridine rings is 1. The number of methoxy groups -OCH3 is 1. The number of hydrogen-bond acceptors (Lipinski definition) is 8. The Morgan fingerprint density at radius 1 is 0.978 bits per heavy atom. The lowest BCUT2D eigenvalue weighted by atomic mass is 10.0. The molecule has 0 saturated carbocycles. The first-order valence-corrected chi connectivity index (χ1v) is 15.5. The van der Waals surface area contributed by atoms with Crippen LogP contribution < -0.4 is 14.8 Å². The molecule has 3 aromatic carbocycles. The van der Waals surface area contributed by atoms with E-state index in [0.29, 0.717) is 28.7 Å². The standard InChI is InChI=1S/C34H26BrFN4O4S/c1-43-28-9-5-3-7-24(28)32-37-16-14-23(39-32)19-44-27-8-4-2-6-21(27)18-26(34(41)42)40-25-15-17-38-33-29(25)30(35)31(45-33)20-10-12-22(36)13-11-20/h2-17,26H,18-19H2,1H3,(H,38,40)(H,41,42). The fraction of sp³-hybridized carbons (Fsp3) is 0.118. The van der Waals surface area contributed by atoms with Gasteiger partial charge >= 0.3 is 5.97 Å². The van der Waals surface area contributed by atoms with E-state index in [9.17, 15) is 14.3 Å². The zero-order chi connectivity index (χ0) is 31.3. The van der Waals surface area contributed by atoms with Gasteiger partial charge < -0.3 is 19.9 Å². The van der Waals surface area contributed by atoms with Gasteiger partial charge in [-0.05, 0) is 69.5 Å². The number of fused-ring (bicyclic) bond motifs is 1. The minimum Gasteiger partial charge on any atom is -0.496 e. The van der Waals surface area contributed by atoms with Crippen LogP contribution in [-0.2, 0) is 17.8 Å². The van der Waals surface area contributed by atoms with Crippen molar-refractivity contribution in [1.29, 1.82) is 0 Å². The van der Waals surface area contributed by atoms with Crippen molar-refractivity contribution in [3.63, 3.8) is 0 Å². The molecule has 8 nitrogen and oxygen atoms in total. The van der Waals surface area contributed by atoms with Crippen LogP contribution in [0.1, 0.15) is 11.3 Å². The number of carboxylic acid groups (broad SMARTS) is 1. The molecule has 11 heteroatoms. The molecule has 0 amide bonds. The van der Waals surface area contributed by atoms with Gasteiger partial charge in [-0.25, -0.2) is 24.1 Å². The van der Waals surface area contributed by atoms with E-state index < -0.39 is 12.0 Å². The molecule has 3 aromatic heterocycles. The summed E-state index contributed by atoms with van der Waals surface area (Å²) in [5, 5.41) is 14.2. The Morgan fingerprint density at radius 3 is 2.49 bits per heavy atom. The number of benzene rings is 3. The average Bonchev–Trinajstić information content (AvgIpc) is 3.41. The quantitative estimate of drug-likeness (QED) is 0.141. The number of nitrogens with zero attached hydrogens (tertiary/aromatic N) is 3. The summed E-state index contributed by atoms with van der Waals surface area (Å²) >= 11 is 5.13. The van der Waals surface area contributed by atoms with E-state index in [0.717, 1.165) is 36.3 Å². The van der Waals surface area contributed by atoms with Crippen LogP contribution in [0, 0.1) is 5.82 Å². The number of aliphatic carboxylic acids is 1. The van der Waals surface area contributed by atoms with E-state index in [1.165, 1.54) is 23.5 Å². The van der Waals surface area contributed by atoms with Crippen molar-refractivity contribution in [3.8, 4) is 33.3 Å². The van der Waals surface area contributed by atoms with Crippen molar-refractivity contribution in [2.45, 2.75) is 19.1 Å². The van der Waals surface area contributed by atoms with Crippen LogP contribution >= 0.6 is 27.3 Å². The largest absolute Gasteiger partial charge is 0.496 e. The molecule has 0 saturated heterocycles. The molecule has 1 unspecified atom stereocenters. The zero-order valence-corrected chi connectivity index (χ0v) is 26.3. The minimum absolute atomic E-state index is 0.151. The topological polar surface area (TPSA) is 106 Å². The van der Waals surface area contributed by atoms with Crippen LogP contribution in [0.2, 0.25) is 0 Å². The number of para-hydroxylation sites is 2. The number of anilines is 1. The van der Waals surface area contributed by atoms with Gasteiger partial charge in [0.1, 0.15) is 34.8 Å². The van der Waals surface area contributed by atoms with Crippen molar-refractivity contribution >= 4 is 49.1 Å². The lowest BCUT2D eigenvalue weighted by molar-refractivity contribution is -0.137. The smallest absolute Gasteiger partial charge is 0.326 e. The first kappa shape index (κ1) is 30.2. The second-order valence-electron chi connectivity index (χ2n) is 10.00. The molecular formula is C34H26BrFN4O4S. The van der Waals surface area contributed by atoms with Crippen LogP contribution in [0.15, 0.2) is 102 Å². The number of aromatic nitrogens is 3. The molecule has 2 N–H and O–H groups in total. The first-order valence-electron chi connectivity index (χ1n) is 13.9. The van der Waals surface area contributed by atoms with Crippen molar-refractivity contribution in [3.05, 3.63) is 119 Å². The van der Waals surface area contributed by atoms with E-state index in [1.807, 2.05) is 48.5 Å². The Hall–Kier alpha value is -4.87. The van der Waals surface area contributed by atoms with Gasteiger partial charge in [0, 0.05) is 34.4 Å². The summed E-state index contributed by atoms with van der Waals surface area (Å²) < 4.78 is 25.9. The van der Waals surface area contributed by atoms with Gasteiger partial charge in [0.25, 0.3) is 0 Å². The van der Waals surface area contributed by atoms with Gasteiger partial charge in [-0.2, -0.15) is 0 Å². The highest BCUT2D eigenvalue weighted by Gasteiger charge is 2.23. The average molecular weight is 686 g/mol. The molecule has 6 aromatic rings. The first-order chi connectivity index (χ1) is 21.9. The minimum atomic E-state index is -1.02. The molecule has 0 aliphatic rings. The second kappa shape index (κ2) is 13.4. The molecule has 0 aliphatic heterocycles. The molecule has 3 heterocycles. The van der Waals surface area contributed by atoms with Gasteiger partial charge in [0.2, 0.25) is 0 Å². The molecule has 0 aliphatic carbocycles. The van der Waals surface area contributed by atoms with E-state index >= 15 is 0 Å². The third-order valence-electron chi connectivity index (χ3n) is 7.10. The van der Waals surface area contributed by atoms with Gasteiger partial charge in [-0.15, -0.1) is 11.3 Å². The summed E-state index contributed by atoms with van der Waals surface area (Å²) in [4.78, 5) is 27.7. The summed E-state index contributed by atoms with van der Waals surface area (Å²) in [5.74, 6) is 0.401. The number of ether oxygens (including phenoxy) is 2. The van der Waals surface area contributed by atoms with Crippen LogP contribution in [0.5, 0.6) is 11.5 Å². The third-order valence-corrected chi connectivity index (χ3v) is 9.30. The maximum atomic E-state index is 13.5. The van der Waals surface area contributed by atoms with E-state index in [2.05, 4.69) is 36.2 Å². The highest BCUT2D eigenvalue weighted by molar-refractivity contribution is 9.10. The summed E-state index contributed by atoms with van der Waals surface area (Å²) in [6.07, 6.45) is 3.46. The van der Waals surface area contributed by atoms with Gasteiger partial charge in [0.15, 0.2) is 5.82 Å².